The summed E-state index contributed by atoms with van der Waals surface area (Å²) in [7, 11) is 0. The van der Waals surface area contributed by atoms with Gasteiger partial charge in [-0.25, -0.2) is 0 Å². The van der Waals surface area contributed by atoms with Crippen LogP contribution in [0.15, 0.2) is 12.2 Å². The molecule has 140 valence electrons. The number of allylic oxidation sites excluding steroid dienone is 1. The van der Waals surface area contributed by atoms with Crippen LogP contribution >= 0.6 is 0 Å². The molecule has 1 rings (SSSR count). The van der Waals surface area contributed by atoms with Gasteiger partial charge in [0.1, 0.15) is 0 Å². The molecule has 1 fully saturated rings. The number of carboxylic acids is 1. The fourth-order valence-electron chi connectivity index (χ4n) is 3.70. The molecule has 0 heterocycles. The molecule has 0 aliphatic heterocycles. The quantitative estimate of drug-likeness (QED) is 0.345. The van der Waals surface area contributed by atoms with E-state index in [-0.39, 0.29) is 18.6 Å². The largest absolute Gasteiger partial charge is 0.481 e. The second-order valence-corrected chi connectivity index (χ2v) is 7.27. The molecule has 1 aliphatic rings. The van der Waals surface area contributed by atoms with E-state index in [2.05, 4.69) is 13.0 Å². The van der Waals surface area contributed by atoms with E-state index in [0.717, 1.165) is 64.2 Å². The van der Waals surface area contributed by atoms with Crippen LogP contribution in [0.25, 0.3) is 0 Å². The average molecular weight is 341 g/mol. The standard InChI is InChI=1S/C20H36O4/c1-2-3-6-9-17(21)14-12-16-13-15-19(22)18(16)10-7-4-5-8-11-20(23)24/h12,14,16-19,21-22H,2-11,13,15H2,1H3,(H,23,24)/t16-,17?,18+,19-/m0/s1. The lowest BCUT2D eigenvalue weighted by Crippen LogP contribution is -2.18. The second-order valence-electron chi connectivity index (χ2n) is 7.27. The molecule has 1 aliphatic carbocycles. The lowest BCUT2D eigenvalue weighted by atomic mass is 9.88. The van der Waals surface area contributed by atoms with Gasteiger partial charge in [0, 0.05) is 6.42 Å². The van der Waals surface area contributed by atoms with Gasteiger partial charge in [0.25, 0.3) is 0 Å². The maximum Gasteiger partial charge on any atom is 0.303 e. The number of rotatable bonds is 13. The van der Waals surface area contributed by atoms with Crippen molar-refractivity contribution >= 4 is 5.97 Å². The molecule has 0 saturated heterocycles. The van der Waals surface area contributed by atoms with E-state index >= 15 is 0 Å². The van der Waals surface area contributed by atoms with Gasteiger partial charge >= 0.3 is 5.97 Å². The Bertz CT molecular complexity index is 367. The smallest absolute Gasteiger partial charge is 0.303 e. The van der Waals surface area contributed by atoms with Crippen LogP contribution in [0.1, 0.15) is 84.0 Å². The molecule has 0 aromatic heterocycles. The zero-order valence-electron chi connectivity index (χ0n) is 15.2. The summed E-state index contributed by atoms with van der Waals surface area (Å²) in [6.45, 7) is 2.16. The Balaban J connectivity index is 2.27. The van der Waals surface area contributed by atoms with Crippen molar-refractivity contribution in [1.82, 2.24) is 0 Å². The normalized spacial score (nSPS) is 25.4. The third kappa shape index (κ3) is 8.84. The molecule has 0 aromatic carbocycles. The zero-order valence-corrected chi connectivity index (χ0v) is 15.2. The molecule has 4 atom stereocenters. The summed E-state index contributed by atoms with van der Waals surface area (Å²) in [5, 5.41) is 28.8. The molecule has 0 aromatic rings. The predicted octanol–water partition coefficient (Wildman–Crippen LogP) is 4.30. The molecule has 3 N–H and O–H groups in total. The van der Waals surface area contributed by atoms with Crippen LogP contribution in [0.3, 0.4) is 0 Å². The molecule has 0 bridgehead atoms. The molecular weight excluding hydrogens is 304 g/mol. The minimum absolute atomic E-state index is 0.226. The highest BCUT2D eigenvalue weighted by molar-refractivity contribution is 5.66. The van der Waals surface area contributed by atoms with E-state index in [1.165, 1.54) is 6.42 Å². The predicted molar refractivity (Wildman–Crippen MR) is 96.8 cm³/mol. The highest BCUT2D eigenvalue weighted by Gasteiger charge is 2.32. The van der Waals surface area contributed by atoms with Gasteiger partial charge in [-0.15, -0.1) is 0 Å². The second kappa shape index (κ2) is 12.5. The first-order valence-electron chi connectivity index (χ1n) is 9.80. The van der Waals surface area contributed by atoms with Gasteiger partial charge in [-0.3, -0.25) is 4.79 Å². The number of hydrogen-bond acceptors (Lipinski definition) is 3. The number of aliphatic hydroxyl groups excluding tert-OH is 2. The molecule has 4 heteroatoms. The van der Waals surface area contributed by atoms with Crippen LogP contribution < -0.4 is 0 Å². The highest BCUT2D eigenvalue weighted by atomic mass is 16.4. The Morgan fingerprint density at radius 2 is 1.88 bits per heavy atom. The number of unbranched alkanes of at least 4 members (excludes halogenated alkanes) is 5. The lowest BCUT2D eigenvalue weighted by Gasteiger charge is -2.20. The van der Waals surface area contributed by atoms with Gasteiger partial charge in [0.15, 0.2) is 0 Å². The number of aliphatic carboxylic acids is 1. The van der Waals surface area contributed by atoms with Crippen LogP contribution in [0, 0.1) is 11.8 Å². The van der Waals surface area contributed by atoms with Crippen molar-refractivity contribution in [1.29, 1.82) is 0 Å². The number of aliphatic hydroxyl groups is 2. The molecule has 1 unspecified atom stereocenters. The number of carboxylic acid groups (broad SMARTS) is 1. The van der Waals surface area contributed by atoms with E-state index in [9.17, 15) is 15.0 Å². The monoisotopic (exact) mass is 340 g/mol. The molecule has 0 spiro atoms. The minimum atomic E-state index is -0.719. The van der Waals surface area contributed by atoms with Crippen LogP contribution in [0.2, 0.25) is 0 Å². The van der Waals surface area contributed by atoms with Crippen molar-refractivity contribution in [3.05, 3.63) is 12.2 Å². The van der Waals surface area contributed by atoms with Gasteiger partial charge < -0.3 is 15.3 Å². The van der Waals surface area contributed by atoms with E-state index in [1.807, 2.05) is 6.08 Å². The maximum absolute atomic E-state index is 10.5. The van der Waals surface area contributed by atoms with Crippen molar-refractivity contribution in [2.45, 2.75) is 96.2 Å². The van der Waals surface area contributed by atoms with Gasteiger partial charge in [0.2, 0.25) is 0 Å². The third-order valence-electron chi connectivity index (χ3n) is 5.20. The van der Waals surface area contributed by atoms with E-state index in [1.54, 1.807) is 0 Å². The fourth-order valence-corrected chi connectivity index (χ4v) is 3.70. The van der Waals surface area contributed by atoms with E-state index in [0.29, 0.717) is 11.8 Å². The Labute approximate surface area is 147 Å². The van der Waals surface area contributed by atoms with Crippen molar-refractivity contribution in [3.8, 4) is 0 Å². The first-order chi connectivity index (χ1) is 11.5. The Morgan fingerprint density at radius 3 is 2.58 bits per heavy atom. The fraction of sp³-hybridized carbons (Fsp3) is 0.850. The molecule has 0 amide bonds. The molecule has 0 radical (unpaired) electrons. The average Bonchev–Trinajstić information content (AvgIpc) is 2.89. The SMILES string of the molecule is CCCCCC(O)C=C[C@H]1CC[C@H](O)[C@@H]1CCCCCCC(=O)O. The highest BCUT2D eigenvalue weighted by Crippen LogP contribution is 2.36. The molecule has 24 heavy (non-hydrogen) atoms. The summed E-state index contributed by atoms with van der Waals surface area (Å²) < 4.78 is 0. The summed E-state index contributed by atoms with van der Waals surface area (Å²) in [5.41, 5.74) is 0. The van der Waals surface area contributed by atoms with Gasteiger partial charge in [0.05, 0.1) is 12.2 Å². The van der Waals surface area contributed by atoms with E-state index < -0.39 is 5.97 Å². The summed E-state index contributed by atoms with van der Waals surface area (Å²) >= 11 is 0. The van der Waals surface area contributed by atoms with Crippen LogP contribution in [-0.4, -0.2) is 33.5 Å². The Hall–Kier alpha value is -0.870. The molecule has 4 nitrogen and oxygen atoms in total. The summed E-state index contributed by atoms with van der Waals surface area (Å²) in [4.78, 5) is 10.5. The van der Waals surface area contributed by atoms with Gasteiger partial charge in [-0.05, 0) is 43.9 Å². The molecule has 1 saturated carbocycles. The van der Waals surface area contributed by atoms with Gasteiger partial charge in [-0.2, -0.15) is 0 Å². The first kappa shape index (κ1) is 21.2. The first-order valence-corrected chi connectivity index (χ1v) is 9.80. The Morgan fingerprint density at radius 1 is 1.12 bits per heavy atom. The number of carbonyl (C=O) groups is 1. The van der Waals surface area contributed by atoms with Crippen molar-refractivity contribution in [3.63, 3.8) is 0 Å². The van der Waals surface area contributed by atoms with Crippen molar-refractivity contribution in [2.75, 3.05) is 0 Å². The Kier molecular flexibility index (Phi) is 11.0. The molecular formula is C20H36O4. The van der Waals surface area contributed by atoms with Gasteiger partial charge in [-0.1, -0.05) is 57.6 Å². The summed E-state index contributed by atoms with van der Waals surface area (Å²) in [5.74, 6) is -0.0488. The van der Waals surface area contributed by atoms with Crippen LogP contribution in [-0.2, 0) is 4.79 Å². The minimum Gasteiger partial charge on any atom is -0.481 e. The van der Waals surface area contributed by atoms with Crippen LogP contribution in [0.4, 0.5) is 0 Å². The van der Waals surface area contributed by atoms with Crippen molar-refractivity contribution < 1.29 is 20.1 Å². The van der Waals surface area contributed by atoms with Crippen LogP contribution in [0.5, 0.6) is 0 Å². The summed E-state index contributed by atoms with van der Waals surface area (Å²) in [6.07, 6.45) is 14.6. The van der Waals surface area contributed by atoms with E-state index in [4.69, 9.17) is 5.11 Å². The number of hydrogen-bond donors (Lipinski definition) is 3. The summed E-state index contributed by atoms with van der Waals surface area (Å²) in [6, 6.07) is 0. The lowest BCUT2D eigenvalue weighted by molar-refractivity contribution is -0.137. The van der Waals surface area contributed by atoms with Crippen molar-refractivity contribution in [2.24, 2.45) is 11.8 Å². The maximum atomic E-state index is 10.5. The topological polar surface area (TPSA) is 77.8 Å². The zero-order chi connectivity index (χ0) is 17.8. The third-order valence-corrected chi connectivity index (χ3v) is 5.20.